The number of hydrogen-bond acceptors (Lipinski definition) is 2. The number of nitrogens with one attached hydrogen (secondary N) is 1. The lowest BCUT2D eigenvalue weighted by Crippen LogP contribution is -2.66. The summed E-state index contributed by atoms with van der Waals surface area (Å²) in [7, 11) is 2.08. The fraction of sp³-hybridized carbons (Fsp3) is 1.00. The molecular formula is C10H19NO. The second-order valence-electron chi connectivity index (χ2n) is 4.11. The molecule has 12 heavy (non-hydrogen) atoms. The van der Waals surface area contributed by atoms with Gasteiger partial charge in [0, 0.05) is 18.1 Å². The van der Waals surface area contributed by atoms with Crippen molar-refractivity contribution in [2.45, 2.75) is 44.8 Å². The zero-order chi connectivity index (χ0) is 8.60. The van der Waals surface area contributed by atoms with Crippen LogP contribution in [0.15, 0.2) is 0 Å². The van der Waals surface area contributed by atoms with Gasteiger partial charge in [-0.3, -0.25) is 0 Å². The van der Waals surface area contributed by atoms with Gasteiger partial charge < -0.3 is 10.1 Å². The van der Waals surface area contributed by atoms with E-state index in [2.05, 4.69) is 19.3 Å². The van der Waals surface area contributed by atoms with Crippen molar-refractivity contribution in [1.29, 1.82) is 0 Å². The molecule has 0 aromatic heterocycles. The first-order valence-electron chi connectivity index (χ1n) is 5.12. The highest BCUT2D eigenvalue weighted by atomic mass is 16.5. The van der Waals surface area contributed by atoms with E-state index in [1.54, 1.807) is 0 Å². The van der Waals surface area contributed by atoms with Gasteiger partial charge in [-0.2, -0.15) is 0 Å². The van der Waals surface area contributed by atoms with Crippen LogP contribution in [0.1, 0.15) is 32.6 Å². The van der Waals surface area contributed by atoms with Crippen LogP contribution in [-0.4, -0.2) is 25.8 Å². The molecule has 0 saturated heterocycles. The third-order valence-electron chi connectivity index (χ3n) is 3.79. The highest BCUT2D eigenvalue weighted by molar-refractivity contribution is 5.11. The van der Waals surface area contributed by atoms with Crippen molar-refractivity contribution in [3.8, 4) is 0 Å². The Morgan fingerprint density at radius 3 is 2.67 bits per heavy atom. The molecule has 0 heterocycles. The molecular weight excluding hydrogens is 150 g/mol. The Morgan fingerprint density at radius 1 is 1.50 bits per heavy atom. The van der Waals surface area contributed by atoms with Crippen molar-refractivity contribution < 1.29 is 4.74 Å². The quantitative estimate of drug-likeness (QED) is 0.692. The van der Waals surface area contributed by atoms with Crippen molar-refractivity contribution in [3.63, 3.8) is 0 Å². The fourth-order valence-corrected chi connectivity index (χ4v) is 2.84. The van der Waals surface area contributed by atoms with Gasteiger partial charge in [-0.05, 0) is 33.2 Å². The van der Waals surface area contributed by atoms with E-state index in [0.717, 1.165) is 12.6 Å². The minimum atomic E-state index is 0.546. The molecule has 2 saturated carbocycles. The van der Waals surface area contributed by atoms with Crippen LogP contribution in [0.4, 0.5) is 0 Å². The van der Waals surface area contributed by atoms with E-state index in [0.29, 0.717) is 11.5 Å². The SMILES string of the molecule is CCO[C@H]1C[C@@H](NC)C12CCC2. The molecule has 2 atom stereocenters. The van der Waals surface area contributed by atoms with E-state index in [1.807, 2.05) is 0 Å². The highest BCUT2D eigenvalue weighted by Gasteiger charge is 2.58. The summed E-state index contributed by atoms with van der Waals surface area (Å²) in [6.07, 6.45) is 5.95. The number of hydrogen-bond donors (Lipinski definition) is 1. The van der Waals surface area contributed by atoms with E-state index in [9.17, 15) is 0 Å². The maximum Gasteiger partial charge on any atom is 0.0661 e. The van der Waals surface area contributed by atoms with Gasteiger partial charge in [-0.15, -0.1) is 0 Å². The molecule has 0 aromatic carbocycles. The standard InChI is InChI=1S/C10H19NO/c1-3-12-9-7-8(11-2)10(9)5-4-6-10/h8-9,11H,3-7H2,1-2H3/t8-,9+/m1/s1. The summed E-state index contributed by atoms with van der Waals surface area (Å²) in [6, 6.07) is 0.739. The molecule has 0 aliphatic heterocycles. The molecule has 2 rings (SSSR count). The second-order valence-corrected chi connectivity index (χ2v) is 4.11. The van der Waals surface area contributed by atoms with Crippen LogP contribution in [0.3, 0.4) is 0 Å². The lowest BCUT2D eigenvalue weighted by atomic mass is 9.51. The number of ether oxygens (including phenoxy) is 1. The van der Waals surface area contributed by atoms with Crippen molar-refractivity contribution in [3.05, 3.63) is 0 Å². The van der Waals surface area contributed by atoms with Gasteiger partial charge in [0.1, 0.15) is 0 Å². The Balaban J connectivity index is 1.94. The van der Waals surface area contributed by atoms with E-state index < -0.39 is 0 Å². The predicted molar refractivity (Wildman–Crippen MR) is 49.2 cm³/mol. The Bertz CT molecular complexity index is 165. The third-order valence-corrected chi connectivity index (χ3v) is 3.79. The largest absolute Gasteiger partial charge is 0.378 e. The average molecular weight is 169 g/mol. The lowest BCUT2D eigenvalue weighted by Gasteiger charge is -2.61. The molecule has 1 spiro atoms. The van der Waals surface area contributed by atoms with Crippen LogP contribution in [-0.2, 0) is 4.74 Å². The maximum absolute atomic E-state index is 5.73. The van der Waals surface area contributed by atoms with Crippen molar-refractivity contribution in [2.75, 3.05) is 13.7 Å². The Kier molecular flexibility index (Phi) is 2.13. The van der Waals surface area contributed by atoms with Gasteiger partial charge >= 0.3 is 0 Å². The van der Waals surface area contributed by atoms with Gasteiger partial charge in [-0.1, -0.05) is 6.42 Å². The molecule has 0 aromatic rings. The van der Waals surface area contributed by atoms with Crippen LogP contribution in [0.2, 0.25) is 0 Å². The Labute approximate surface area is 74.7 Å². The van der Waals surface area contributed by atoms with E-state index >= 15 is 0 Å². The second kappa shape index (κ2) is 3.00. The van der Waals surface area contributed by atoms with Gasteiger partial charge in [0.2, 0.25) is 0 Å². The van der Waals surface area contributed by atoms with Crippen LogP contribution >= 0.6 is 0 Å². The first kappa shape index (κ1) is 8.52. The minimum absolute atomic E-state index is 0.546. The van der Waals surface area contributed by atoms with Crippen molar-refractivity contribution in [2.24, 2.45) is 5.41 Å². The summed E-state index contributed by atoms with van der Waals surface area (Å²) >= 11 is 0. The minimum Gasteiger partial charge on any atom is -0.378 e. The zero-order valence-corrected chi connectivity index (χ0v) is 8.10. The third kappa shape index (κ3) is 0.944. The summed E-state index contributed by atoms with van der Waals surface area (Å²) in [5, 5.41) is 3.40. The number of rotatable bonds is 3. The topological polar surface area (TPSA) is 21.3 Å². The van der Waals surface area contributed by atoms with Gasteiger partial charge in [-0.25, -0.2) is 0 Å². The molecule has 2 nitrogen and oxygen atoms in total. The van der Waals surface area contributed by atoms with E-state index in [4.69, 9.17) is 4.74 Å². The first-order chi connectivity index (χ1) is 5.83. The van der Waals surface area contributed by atoms with E-state index in [-0.39, 0.29) is 0 Å². The highest BCUT2D eigenvalue weighted by Crippen LogP contribution is 2.57. The van der Waals surface area contributed by atoms with E-state index in [1.165, 1.54) is 25.7 Å². The lowest BCUT2D eigenvalue weighted by molar-refractivity contribution is -0.171. The van der Waals surface area contributed by atoms with Crippen molar-refractivity contribution in [1.82, 2.24) is 5.32 Å². The molecule has 2 aliphatic rings. The average Bonchev–Trinajstić information content (AvgIpc) is 1.93. The molecule has 2 aliphatic carbocycles. The first-order valence-corrected chi connectivity index (χ1v) is 5.12. The summed E-state index contributed by atoms with van der Waals surface area (Å²) in [5.41, 5.74) is 0.546. The molecule has 0 bridgehead atoms. The van der Waals surface area contributed by atoms with Gasteiger partial charge in [0.25, 0.3) is 0 Å². The normalized spacial score (nSPS) is 37.5. The fourth-order valence-electron chi connectivity index (χ4n) is 2.84. The molecule has 0 unspecified atom stereocenters. The molecule has 70 valence electrons. The summed E-state index contributed by atoms with van der Waals surface area (Å²) in [4.78, 5) is 0. The summed E-state index contributed by atoms with van der Waals surface area (Å²) in [6.45, 7) is 2.97. The van der Waals surface area contributed by atoms with Crippen LogP contribution in [0.25, 0.3) is 0 Å². The maximum atomic E-state index is 5.73. The molecule has 0 radical (unpaired) electrons. The van der Waals surface area contributed by atoms with Gasteiger partial charge in [0.15, 0.2) is 0 Å². The molecule has 2 heteroatoms. The van der Waals surface area contributed by atoms with Crippen LogP contribution < -0.4 is 5.32 Å². The Morgan fingerprint density at radius 2 is 2.25 bits per heavy atom. The molecule has 1 N–H and O–H groups in total. The summed E-state index contributed by atoms with van der Waals surface area (Å²) < 4.78 is 5.73. The van der Waals surface area contributed by atoms with Gasteiger partial charge in [0.05, 0.1) is 6.10 Å². The van der Waals surface area contributed by atoms with Crippen LogP contribution in [0.5, 0.6) is 0 Å². The molecule has 2 fully saturated rings. The Hall–Kier alpha value is -0.0800. The zero-order valence-electron chi connectivity index (χ0n) is 8.10. The van der Waals surface area contributed by atoms with Crippen LogP contribution in [0, 0.1) is 5.41 Å². The predicted octanol–water partition coefficient (Wildman–Crippen LogP) is 1.55. The van der Waals surface area contributed by atoms with Crippen molar-refractivity contribution >= 4 is 0 Å². The monoisotopic (exact) mass is 169 g/mol. The summed E-state index contributed by atoms with van der Waals surface area (Å²) in [5.74, 6) is 0. The smallest absolute Gasteiger partial charge is 0.0661 e. The molecule has 0 amide bonds.